The van der Waals surface area contributed by atoms with Gasteiger partial charge in [0.1, 0.15) is 5.82 Å². The highest BCUT2D eigenvalue weighted by atomic mass is 16.2. The molecule has 16 heavy (non-hydrogen) atoms. The first-order chi connectivity index (χ1) is 7.66. The van der Waals surface area contributed by atoms with Crippen molar-refractivity contribution in [2.45, 2.75) is 13.1 Å². The van der Waals surface area contributed by atoms with Crippen molar-refractivity contribution < 1.29 is 0 Å². The lowest BCUT2D eigenvalue weighted by molar-refractivity contribution is 0.521. The molecular formula is C9H11N5O2. The summed E-state index contributed by atoms with van der Waals surface area (Å²) in [5.74, 6) is 0.154. The van der Waals surface area contributed by atoms with Crippen LogP contribution in [0.1, 0.15) is 0 Å². The second-order valence-electron chi connectivity index (χ2n) is 3.28. The Morgan fingerprint density at radius 1 is 1.38 bits per heavy atom. The summed E-state index contributed by atoms with van der Waals surface area (Å²) in [7, 11) is 0. The van der Waals surface area contributed by atoms with Crippen LogP contribution in [0.15, 0.2) is 34.1 Å². The van der Waals surface area contributed by atoms with Crippen molar-refractivity contribution in [3.05, 3.63) is 45.4 Å². The number of aromatic amines is 1. The summed E-state index contributed by atoms with van der Waals surface area (Å²) in [6.45, 7) is 0.881. The molecule has 0 saturated carbocycles. The standard InChI is InChI=1S/C9H11N5O2/c10-7-6-8(15)12-9(16)14(7)5-4-13-3-1-2-11-13/h1-3,6H,4-5,10H2,(H,12,15,16). The molecule has 3 N–H and O–H groups in total. The van der Waals surface area contributed by atoms with Crippen molar-refractivity contribution in [2.24, 2.45) is 0 Å². The lowest BCUT2D eigenvalue weighted by Crippen LogP contribution is -2.32. The van der Waals surface area contributed by atoms with Gasteiger partial charge in [-0.05, 0) is 6.07 Å². The van der Waals surface area contributed by atoms with Gasteiger partial charge in [-0.2, -0.15) is 5.10 Å². The van der Waals surface area contributed by atoms with E-state index in [2.05, 4.69) is 10.1 Å². The Labute approximate surface area is 90.1 Å². The summed E-state index contributed by atoms with van der Waals surface area (Å²) >= 11 is 0. The molecule has 7 heteroatoms. The fourth-order valence-electron chi connectivity index (χ4n) is 1.40. The van der Waals surface area contributed by atoms with Gasteiger partial charge in [0, 0.05) is 25.0 Å². The van der Waals surface area contributed by atoms with Gasteiger partial charge in [0.25, 0.3) is 5.56 Å². The second kappa shape index (κ2) is 4.05. The normalized spacial score (nSPS) is 10.5. The molecular weight excluding hydrogens is 210 g/mol. The lowest BCUT2D eigenvalue weighted by Gasteiger charge is -2.07. The molecule has 0 aliphatic carbocycles. The van der Waals surface area contributed by atoms with Crippen molar-refractivity contribution in [3.8, 4) is 0 Å². The third-order valence-corrected chi connectivity index (χ3v) is 2.18. The van der Waals surface area contributed by atoms with Gasteiger partial charge in [0.2, 0.25) is 0 Å². The Balaban J connectivity index is 2.22. The minimum absolute atomic E-state index is 0.154. The van der Waals surface area contributed by atoms with Crippen LogP contribution in [0.25, 0.3) is 0 Å². The number of nitrogens with two attached hydrogens (primary N) is 1. The van der Waals surface area contributed by atoms with E-state index in [-0.39, 0.29) is 5.82 Å². The lowest BCUT2D eigenvalue weighted by atomic mass is 10.5. The van der Waals surface area contributed by atoms with Crippen molar-refractivity contribution in [1.29, 1.82) is 0 Å². The highest BCUT2D eigenvalue weighted by Crippen LogP contribution is 1.94. The number of nitrogen functional groups attached to an aromatic ring is 1. The molecule has 0 aliphatic heterocycles. The van der Waals surface area contributed by atoms with Crippen LogP contribution in [0, 0.1) is 0 Å². The Hall–Kier alpha value is -2.31. The molecule has 0 radical (unpaired) electrons. The molecule has 0 aliphatic rings. The van der Waals surface area contributed by atoms with Crippen LogP contribution >= 0.6 is 0 Å². The molecule has 0 saturated heterocycles. The van der Waals surface area contributed by atoms with Gasteiger partial charge in [-0.15, -0.1) is 0 Å². The minimum Gasteiger partial charge on any atom is -0.385 e. The largest absolute Gasteiger partial charge is 0.385 e. The third-order valence-electron chi connectivity index (χ3n) is 2.18. The van der Waals surface area contributed by atoms with Gasteiger partial charge in [-0.1, -0.05) is 0 Å². The van der Waals surface area contributed by atoms with E-state index < -0.39 is 11.2 Å². The highest BCUT2D eigenvalue weighted by molar-refractivity contribution is 5.25. The number of rotatable bonds is 3. The predicted octanol–water partition coefficient (Wildman–Crippen LogP) is -0.985. The number of hydrogen-bond donors (Lipinski definition) is 2. The van der Waals surface area contributed by atoms with Crippen molar-refractivity contribution in [1.82, 2.24) is 19.3 Å². The summed E-state index contributed by atoms with van der Waals surface area (Å²) in [6.07, 6.45) is 3.44. The van der Waals surface area contributed by atoms with E-state index in [4.69, 9.17) is 5.73 Å². The van der Waals surface area contributed by atoms with Crippen LogP contribution in [0.2, 0.25) is 0 Å². The quantitative estimate of drug-likeness (QED) is 0.695. The molecule has 7 nitrogen and oxygen atoms in total. The zero-order valence-corrected chi connectivity index (χ0v) is 8.46. The van der Waals surface area contributed by atoms with E-state index in [0.717, 1.165) is 0 Å². The van der Waals surface area contributed by atoms with Gasteiger partial charge in [-0.3, -0.25) is 19.0 Å². The van der Waals surface area contributed by atoms with Gasteiger partial charge in [0.15, 0.2) is 0 Å². The predicted molar refractivity (Wildman–Crippen MR) is 58.0 cm³/mol. The van der Waals surface area contributed by atoms with Crippen molar-refractivity contribution in [3.63, 3.8) is 0 Å². The Morgan fingerprint density at radius 2 is 2.19 bits per heavy atom. The summed E-state index contributed by atoms with van der Waals surface area (Å²) < 4.78 is 2.97. The first kappa shape index (κ1) is 10.2. The maximum Gasteiger partial charge on any atom is 0.329 e. The van der Waals surface area contributed by atoms with Crippen LogP contribution in [0.5, 0.6) is 0 Å². The zero-order chi connectivity index (χ0) is 11.5. The van der Waals surface area contributed by atoms with Crippen LogP contribution < -0.4 is 17.0 Å². The van der Waals surface area contributed by atoms with E-state index in [1.165, 1.54) is 10.6 Å². The first-order valence-electron chi connectivity index (χ1n) is 4.74. The first-order valence-corrected chi connectivity index (χ1v) is 4.74. The Bertz CT molecular complexity index is 581. The molecule has 0 bridgehead atoms. The Morgan fingerprint density at radius 3 is 2.81 bits per heavy atom. The highest BCUT2D eigenvalue weighted by Gasteiger charge is 2.02. The topological polar surface area (TPSA) is 98.7 Å². The Kier molecular flexibility index (Phi) is 2.59. The number of H-pyrrole nitrogens is 1. The SMILES string of the molecule is Nc1cc(=O)[nH]c(=O)n1CCn1cccn1. The fraction of sp³-hybridized carbons (Fsp3) is 0.222. The summed E-state index contributed by atoms with van der Waals surface area (Å²) in [5.41, 5.74) is 4.58. The third kappa shape index (κ3) is 2.02. The number of hydrogen-bond acceptors (Lipinski definition) is 4. The summed E-state index contributed by atoms with van der Waals surface area (Å²) in [4.78, 5) is 24.5. The van der Waals surface area contributed by atoms with Crippen LogP contribution in [-0.2, 0) is 13.1 Å². The maximum absolute atomic E-state index is 11.4. The van der Waals surface area contributed by atoms with Crippen molar-refractivity contribution >= 4 is 5.82 Å². The molecule has 84 valence electrons. The summed E-state index contributed by atoms with van der Waals surface area (Å²) in [5, 5.41) is 4.00. The number of anilines is 1. The van der Waals surface area contributed by atoms with E-state index in [1.807, 2.05) is 0 Å². The minimum atomic E-state index is -0.503. The number of aryl methyl sites for hydroxylation is 1. The molecule has 0 unspecified atom stereocenters. The van der Waals surface area contributed by atoms with Crippen molar-refractivity contribution in [2.75, 3.05) is 5.73 Å². The number of nitrogens with one attached hydrogen (secondary N) is 1. The van der Waals surface area contributed by atoms with E-state index >= 15 is 0 Å². The second-order valence-corrected chi connectivity index (χ2v) is 3.28. The number of nitrogens with zero attached hydrogens (tertiary/aromatic N) is 3. The van der Waals surface area contributed by atoms with Gasteiger partial charge in [0.05, 0.1) is 6.54 Å². The molecule has 2 aromatic heterocycles. The van der Waals surface area contributed by atoms with Gasteiger partial charge < -0.3 is 5.73 Å². The van der Waals surface area contributed by atoms with Crippen LogP contribution in [0.4, 0.5) is 5.82 Å². The smallest absolute Gasteiger partial charge is 0.329 e. The molecule has 2 aromatic rings. The monoisotopic (exact) mass is 221 g/mol. The molecule has 2 heterocycles. The van der Waals surface area contributed by atoms with Gasteiger partial charge >= 0.3 is 5.69 Å². The molecule has 0 spiro atoms. The average molecular weight is 221 g/mol. The summed E-state index contributed by atoms with van der Waals surface area (Å²) in [6, 6.07) is 2.98. The van der Waals surface area contributed by atoms with E-state index in [9.17, 15) is 9.59 Å². The zero-order valence-electron chi connectivity index (χ0n) is 8.46. The van der Waals surface area contributed by atoms with Gasteiger partial charge in [-0.25, -0.2) is 4.79 Å². The fourth-order valence-corrected chi connectivity index (χ4v) is 1.40. The average Bonchev–Trinajstić information content (AvgIpc) is 2.68. The molecule has 0 amide bonds. The number of aromatic nitrogens is 4. The molecule has 2 rings (SSSR count). The molecule has 0 fully saturated rings. The van der Waals surface area contributed by atoms with E-state index in [0.29, 0.717) is 13.1 Å². The van der Waals surface area contributed by atoms with Crippen LogP contribution in [-0.4, -0.2) is 19.3 Å². The van der Waals surface area contributed by atoms with E-state index in [1.54, 1.807) is 23.1 Å². The maximum atomic E-state index is 11.4. The molecule has 0 aromatic carbocycles. The molecule has 0 atom stereocenters. The van der Waals surface area contributed by atoms with Crippen LogP contribution in [0.3, 0.4) is 0 Å².